The van der Waals surface area contributed by atoms with Gasteiger partial charge < -0.3 is 5.32 Å². The van der Waals surface area contributed by atoms with E-state index in [-0.39, 0.29) is 12.4 Å². The smallest absolute Gasteiger partial charge is 0.0465 e. The molecule has 0 radical (unpaired) electrons. The fraction of sp³-hybridized carbons (Fsp3) is 0.600. The molecule has 3 rings (SSSR count). The van der Waals surface area contributed by atoms with Crippen molar-refractivity contribution in [3.8, 4) is 0 Å². The Bertz CT molecular complexity index is 454. The summed E-state index contributed by atoms with van der Waals surface area (Å²) < 4.78 is 0. The molecule has 0 aliphatic carbocycles. The first-order valence-corrected chi connectivity index (χ1v) is 7.77. The molecule has 20 heavy (non-hydrogen) atoms. The molecule has 0 amide bonds. The first kappa shape index (κ1) is 16.4. The fourth-order valence-corrected chi connectivity index (χ4v) is 3.90. The van der Waals surface area contributed by atoms with Gasteiger partial charge in [-0.25, -0.2) is 0 Å². The van der Waals surface area contributed by atoms with Gasteiger partial charge in [-0.05, 0) is 50.4 Å². The molecule has 2 aliphatic heterocycles. The molecule has 5 heteroatoms. The van der Waals surface area contributed by atoms with Crippen molar-refractivity contribution in [1.29, 1.82) is 0 Å². The van der Waals surface area contributed by atoms with Crippen LogP contribution in [0.1, 0.15) is 31.2 Å². The molecule has 0 spiro atoms. The third kappa shape index (κ3) is 3.61. The highest BCUT2D eigenvalue weighted by Crippen LogP contribution is 2.30. The zero-order valence-corrected chi connectivity index (χ0v) is 13.9. The minimum Gasteiger partial charge on any atom is -0.311 e. The molecule has 2 nitrogen and oxygen atoms in total. The Labute approximate surface area is 137 Å². The van der Waals surface area contributed by atoms with Crippen molar-refractivity contribution in [2.24, 2.45) is 0 Å². The second-order valence-corrected chi connectivity index (χ2v) is 6.76. The van der Waals surface area contributed by atoms with Crippen molar-refractivity contribution in [3.63, 3.8) is 0 Å². The highest BCUT2D eigenvalue weighted by atomic mass is 35.5. The number of benzene rings is 1. The fourth-order valence-electron chi connectivity index (χ4n) is 3.43. The number of nitrogens with zero attached hydrogens (tertiary/aromatic N) is 1. The topological polar surface area (TPSA) is 15.3 Å². The lowest BCUT2D eigenvalue weighted by atomic mass is 9.98. The van der Waals surface area contributed by atoms with Gasteiger partial charge in [0.25, 0.3) is 0 Å². The summed E-state index contributed by atoms with van der Waals surface area (Å²) in [4.78, 5) is 2.45. The monoisotopic (exact) mass is 334 g/mol. The first-order chi connectivity index (χ1) is 9.11. The molecule has 112 valence electrons. The number of hydrogen-bond donors (Lipinski definition) is 1. The van der Waals surface area contributed by atoms with Gasteiger partial charge in [-0.15, -0.1) is 12.4 Å². The summed E-state index contributed by atoms with van der Waals surface area (Å²) in [6, 6.07) is 7.92. The molecule has 0 saturated carbocycles. The molecule has 2 fully saturated rings. The molecule has 2 aliphatic rings. The van der Waals surface area contributed by atoms with Gasteiger partial charge >= 0.3 is 0 Å². The molecule has 1 aromatic rings. The summed E-state index contributed by atoms with van der Waals surface area (Å²) in [7, 11) is 2.21. The average molecular weight is 336 g/mol. The third-order valence-corrected chi connectivity index (χ3v) is 5.09. The number of rotatable bonds is 3. The van der Waals surface area contributed by atoms with E-state index >= 15 is 0 Å². The van der Waals surface area contributed by atoms with Crippen LogP contribution in [-0.4, -0.2) is 30.1 Å². The number of hydrogen-bond acceptors (Lipinski definition) is 2. The van der Waals surface area contributed by atoms with Crippen molar-refractivity contribution in [2.75, 3.05) is 7.05 Å². The Balaban J connectivity index is 0.00000147. The lowest BCUT2D eigenvalue weighted by Gasteiger charge is -2.35. The van der Waals surface area contributed by atoms with Gasteiger partial charge in [0.2, 0.25) is 0 Å². The van der Waals surface area contributed by atoms with Crippen molar-refractivity contribution in [2.45, 2.75) is 50.4 Å². The van der Waals surface area contributed by atoms with Crippen LogP contribution in [0.4, 0.5) is 0 Å². The molecule has 2 saturated heterocycles. The summed E-state index contributed by atoms with van der Waals surface area (Å²) >= 11 is 12.2. The highest BCUT2D eigenvalue weighted by Gasteiger charge is 2.34. The van der Waals surface area contributed by atoms with Crippen molar-refractivity contribution in [1.82, 2.24) is 10.2 Å². The molecule has 2 heterocycles. The van der Waals surface area contributed by atoms with Crippen molar-refractivity contribution < 1.29 is 0 Å². The van der Waals surface area contributed by atoms with E-state index in [9.17, 15) is 0 Å². The van der Waals surface area contributed by atoms with Crippen LogP contribution in [0, 0.1) is 0 Å². The zero-order chi connectivity index (χ0) is 13.4. The zero-order valence-electron chi connectivity index (χ0n) is 11.6. The van der Waals surface area contributed by atoms with Gasteiger partial charge in [-0.1, -0.05) is 29.3 Å². The van der Waals surface area contributed by atoms with E-state index in [1.807, 2.05) is 18.2 Å². The predicted molar refractivity (Wildman–Crippen MR) is 88.1 cm³/mol. The first-order valence-electron chi connectivity index (χ1n) is 7.02. The van der Waals surface area contributed by atoms with E-state index in [1.54, 1.807) is 0 Å². The minimum absolute atomic E-state index is 0. The maximum absolute atomic E-state index is 6.26. The average Bonchev–Trinajstić information content (AvgIpc) is 2.71. The SMILES string of the molecule is CN(Cc1ccc(Cl)cc1Cl)C1CC2CCC(C1)N2.Cl. The van der Waals surface area contributed by atoms with E-state index in [1.165, 1.54) is 31.2 Å². The minimum atomic E-state index is 0. The quantitative estimate of drug-likeness (QED) is 0.893. The normalized spacial score (nSPS) is 28.5. The second kappa shape index (κ2) is 6.85. The Hall–Kier alpha value is 0.01000. The van der Waals surface area contributed by atoms with Crippen LogP contribution in [0.25, 0.3) is 0 Å². The molecule has 1 aromatic carbocycles. The number of fused-ring (bicyclic) bond motifs is 2. The van der Waals surface area contributed by atoms with Crippen molar-refractivity contribution in [3.05, 3.63) is 33.8 Å². The van der Waals surface area contributed by atoms with E-state index in [0.29, 0.717) is 11.1 Å². The van der Waals surface area contributed by atoms with Crippen LogP contribution in [-0.2, 0) is 6.54 Å². The maximum atomic E-state index is 6.26. The molecule has 2 bridgehead atoms. The summed E-state index contributed by atoms with van der Waals surface area (Å²) in [6.45, 7) is 0.903. The van der Waals surface area contributed by atoms with Crippen LogP contribution < -0.4 is 5.32 Å². The molecular formula is C15H21Cl3N2. The molecule has 1 N–H and O–H groups in total. The standard InChI is InChI=1S/C15H20Cl2N2.ClH/c1-19(9-10-2-3-11(16)6-15(10)17)14-7-12-4-5-13(8-14)18-12;/h2-3,6,12-14,18H,4-5,7-9H2,1H3;1H. The summed E-state index contributed by atoms with van der Waals surface area (Å²) in [5, 5.41) is 5.17. The predicted octanol–water partition coefficient (Wildman–Crippen LogP) is 4.13. The van der Waals surface area contributed by atoms with E-state index in [2.05, 4.69) is 17.3 Å². The van der Waals surface area contributed by atoms with Gasteiger partial charge in [0.15, 0.2) is 0 Å². The van der Waals surface area contributed by atoms with E-state index in [4.69, 9.17) is 23.2 Å². The molecular weight excluding hydrogens is 315 g/mol. The largest absolute Gasteiger partial charge is 0.311 e. The highest BCUT2D eigenvalue weighted by molar-refractivity contribution is 6.35. The van der Waals surface area contributed by atoms with Crippen LogP contribution in [0.5, 0.6) is 0 Å². The third-order valence-electron chi connectivity index (χ3n) is 4.51. The van der Waals surface area contributed by atoms with E-state index < -0.39 is 0 Å². The van der Waals surface area contributed by atoms with Crippen molar-refractivity contribution >= 4 is 35.6 Å². The van der Waals surface area contributed by atoms with Gasteiger partial charge in [0.1, 0.15) is 0 Å². The molecule has 2 atom stereocenters. The lowest BCUT2D eigenvalue weighted by molar-refractivity contribution is 0.166. The number of nitrogens with one attached hydrogen (secondary N) is 1. The van der Waals surface area contributed by atoms with Gasteiger partial charge in [0.05, 0.1) is 0 Å². The Morgan fingerprint density at radius 3 is 2.45 bits per heavy atom. The van der Waals surface area contributed by atoms with Crippen LogP contribution in [0.3, 0.4) is 0 Å². The molecule has 0 aromatic heterocycles. The van der Waals surface area contributed by atoms with Gasteiger partial charge in [-0.3, -0.25) is 4.90 Å². The van der Waals surface area contributed by atoms with Gasteiger partial charge in [0, 0.05) is 34.7 Å². The van der Waals surface area contributed by atoms with Gasteiger partial charge in [-0.2, -0.15) is 0 Å². The Morgan fingerprint density at radius 2 is 1.85 bits per heavy atom. The summed E-state index contributed by atoms with van der Waals surface area (Å²) in [6.07, 6.45) is 5.21. The maximum Gasteiger partial charge on any atom is 0.0465 e. The lowest BCUT2D eigenvalue weighted by Crippen LogP contribution is -2.46. The number of piperidine rings is 1. The van der Waals surface area contributed by atoms with Crippen LogP contribution in [0.2, 0.25) is 10.0 Å². The second-order valence-electron chi connectivity index (χ2n) is 5.91. The molecule has 2 unspecified atom stereocenters. The van der Waals surface area contributed by atoms with E-state index in [0.717, 1.165) is 23.7 Å². The summed E-state index contributed by atoms with van der Waals surface area (Å²) in [5.74, 6) is 0. The summed E-state index contributed by atoms with van der Waals surface area (Å²) in [5.41, 5.74) is 1.17. The van der Waals surface area contributed by atoms with Crippen LogP contribution >= 0.6 is 35.6 Å². The number of halogens is 3. The van der Waals surface area contributed by atoms with Crippen LogP contribution in [0.15, 0.2) is 18.2 Å². The Morgan fingerprint density at radius 1 is 1.20 bits per heavy atom. The Kier molecular flexibility index (Phi) is 5.61.